The van der Waals surface area contributed by atoms with Gasteiger partial charge in [-0.3, -0.25) is 0 Å². The highest BCUT2D eigenvalue weighted by Gasteiger charge is 2.23. The third-order valence-corrected chi connectivity index (χ3v) is 9.63. The molecule has 0 saturated heterocycles. The van der Waals surface area contributed by atoms with E-state index in [2.05, 4.69) is 165 Å². The van der Waals surface area contributed by atoms with E-state index in [9.17, 15) is 5.26 Å². The summed E-state index contributed by atoms with van der Waals surface area (Å²) >= 11 is 0. The lowest BCUT2D eigenvalue weighted by Crippen LogP contribution is -2.00. The summed E-state index contributed by atoms with van der Waals surface area (Å²) in [6.45, 7) is 0. The summed E-state index contributed by atoms with van der Waals surface area (Å²) < 4.78 is 7.22. The molecule has 0 atom stereocenters. The quantitative estimate of drug-likeness (QED) is 0.199. The normalized spacial score (nSPS) is 11.8. The number of benzene rings is 7. The van der Waals surface area contributed by atoms with E-state index in [-0.39, 0.29) is 0 Å². The summed E-state index contributed by atoms with van der Waals surface area (Å²) in [5.41, 5.74) is 10.9. The number of aromatic nitrogens is 3. The van der Waals surface area contributed by atoms with Crippen LogP contribution < -0.4 is 0 Å². The van der Waals surface area contributed by atoms with Gasteiger partial charge in [0.15, 0.2) is 0 Å². The fourth-order valence-corrected chi connectivity index (χ4v) is 7.76. The molecule has 0 unspecified atom stereocenters. The number of hydrogen-bond acceptors (Lipinski definition) is 1. The van der Waals surface area contributed by atoms with Gasteiger partial charge in [-0.1, -0.05) is 91.0 Å². The average Bonchev–Trinajstić information content (AvgIpc) is 3.78. The molecule has 10 aromatic rings. The molecular formula is C43H26N4. The highest BCUT2D eigenvalue weighted by molar-refractivity contribution is 6.26. The molecule has 0 aliphatic carbocycles. The Labute approximate surface area is 270 Å². The third kappa shape index (κ3) is 3.51. The zero-order valence-electron chi connectivity index (χ0n) is 25.3. The van der Waals surface area contributed by atoms with E-state index in [4.69, 9.17) is 0 Å². The van der Waals surface area contributed by atoms with Gasteiger partial charge in [-0.15, -0.1) is 0 Å². The molecule has 0 saturated carbocycles. The number of nitrogens with zero attached hydrogens (tertiary/aromatic N) is 4. The Morgan fingerprint density at radius 2 is 0.936 bits per heavy atom. The van der Waals surface area contributed by atoms with Crippen molar-refractivity contribution in [2.75, 3.05) is 0 Å². The Morgan fingerprint density at radius 3 is 1.66 bits per heavy atom. The summed E-state index contributed by atoms with van der Waals surface area (Å²) in [5, 5.41) is 16.9. The molecule has 3 heterocycles. The lowest BCUT2D eigenvalue weighted by atomic mass is 10.1. The van der Waals surface area contributed by atoms with E-state index in [1.165, 1.54) is 32.6 Å². The van der Waals surface area contributed by atoms with E-state index in [1.807, 2.05) is 12.1 Å². The van der Waals surface area contributed by atoms with E-state index in [0.717, 1.165) is 49.9 Å². The lowest BCUT2D eigenvalue weighted by Gasteiger charge is -2.14. The maximum Gasteiger partial charge on any atom is 0.0991 e. The van der Waals surface area contributed by atoms with Crippen molar-refractivity contribution in [3.8, 4) is 23.1 Å². The van der Waals surface area contributed by atoms with Crippen molar-refractivity contribution in [3.05, 3.63) is 163 Å². The molecule has 0 radical (unpaired) electrons. The van der Waals surface area contributed by atoms with Crippen molar-refractivity contribution in [2.24, 2.45) is 0 Å². The minimum atomic E-state index is 0.660. The highest BCUT2D eigenvalue weighted by Crippen LogP contribution is 2.44. The highest BCUT2D eigenvalue weighted by atomic mass is 15.1. The summed E-state index contributed by atoms with van der Waals surface area (Å²) in [6.07, 6.45) is 0. The molecule has 0 bridgehead atoms. The van der Waals surface area contributed by atoms with Crippen LogP contribution in [0, 0.1) is 11.3 Å². The van der Waals surface area contributed by atoms with Crippen molar-refractivity contribution in [1.82, 2.24) is 13.7 Å². The molecule has 0 spiro atoms. The van der Waals surface area contributed by atoms with Crippen molar-refractivity contribution in [1.29, 1.82) is 5.26 Å². The Bertz CT molecular complexity index is 2900. The van der Waals surface area contributed by atoms with Crippen LogP contribution in [0.15, 0.2) is 158 Å². The lowest BCUT2D eigenvalue weighted by molar-refractivity contribution is 1.13. The maximum atomic E-state index is 9.82. The Morgan fingerprint density at radius 1 is 0.383 bits per heavy atom. The molecule has 0 amide bonds. The van der Waals surface area contributed by atoms with Gasteiger partial charge in [-0.25, -0.2) is 0 Å². The number of nitriles is 1. The van der Waals surface area contributed by atoms with Gasteiger partial charge in [-0.05, 0) is 66.7 Å². The molecule has 3 aromatic heterocycles. The van der Waals surface area contributed by atoms with Gasteiger partial charge in [0.25, 0.3) is 0 Å². The minimum absolute atomic E-state index is 0.660. The largest absolute Gasteiger partial charge is 0.309 e. The SMILES string of the molecule is N#Cc1ccc2c(c1)c1ccc3c(c4ccccc4n3-c3cccc4c5ccccc5n(-c5ccccc5)c34)c1n2-c1ccccc1. The second-order valence-corrected chi connectivity index (χ2v) is 12.1. The van der Waals surface area contributed by atoms with Gasteiger partial charge in [0.05, 0.1) is 50.4 Å². The van der Waals surface area contributed by atoms with Crippen LogP contribution in [-0.4, -0.2) is 13.7 Å². The molecular weight excluding hydrogens is 573 g/mol. The van der Waals surface area contributed by atoms with E-state index in [1.54, 1.807) is 0 Å². The predicted octanol–water partition coefficient (Wildman–Crippen LogP) is 10.8. The summed E-state index contributed by atoms with van der Waals surface area (Å²) in [5.74, 6) is 0. The fraction of sp³-hybridized carbons (Fsp3) is 0. The standard InChI is InChI=1S/C43H26N4/c44-27-28-22-24-38-35(26-28)33-23-25-39-41(43(33)46(38)30-14-5-2-6-15-30)34-17-8-10-20-37(34)47(39)40-21-11-18-32-31-16-7-9-19-36(31)45(42(32)40)29-12-3-1-4-13-29/h1-26H. The zero-order valence-corrected chi connectivity index (χ0v) is 25.3. The monoisotopic (exact) mass is 598 g/mol. The van der Waals surface area contributed by atoms with Crippen molar-refractivity contribution in [2.45, 2.75) is 0 Å². The van der Waals surface area contributed by atoms with E-state index >= 15 is 0 Å². The Balaban J connectivity index is 1.42. The second kappa shape index (κ2) is 9.71. The van der Waals surface area contributed by atoms with Gasteiger partial charge in [-0.2, -0.15) is 5.26 Å². The first kappa shape index (κ1) is 25.7. The van der Waals surface area contributed by atoms with Gasteiger partial charge >= 0.3 is 0 Å². The average molecular weight is 599 g/mol. The molecule has 218 valence electrons. The van der Waals surface area contributed by atoms with Crippen molar-refractivity contribution >= 4 is 65.4 Å². The number of rotatable bonds is 3. The summed E-state index contributed by atoms with van der Waals surface area (Å²) in [6, 6.07) is 58.2. The first-order valence-electron chi connectivity index (χ1n) is 15.9. The van der Waals surface area contributed by atoms with Crippen LogP contribution >= 0.6 is 0 Å². The summed E-state index contributed by atoms with van der Waals surface area (Å²) in [7, 11) is 0. The molecule has 47 heavy (non-hydrogen) atoms. The van der Waals surface area contributed by atoms with Crippen LogP contribution in [0.4, 0.5) is 0 Å². The zero-order chi connectivity index (χ0) is 31.1. The molecule has 0 aliphatic heterocycles. The van der Waals surface area contributed by atoms with Crippen LogP contribution in [-0.2, 0) is 0 Å². The first-order chi connectivity index (χ1) is 23.3. The predicted molar refractivity (Wildman–Crippen MR) is 194 cm³/mol. The Kier molecular flexibility index (Phi) is 5.32. The fourth-order valence-electron chi connectivity index (χ4n) is 7.76. The molecule has 10 rings (SSSR count). The molecule has 0 N–H and O–H groups in total. The van der Waals surface area contributed by atoms with Crippen molar-refractivity contribution in [3.63, 3.8) is 0 Å². The van der Waals surface area contributed by atoms with Gasteiger partial charge in [0.1, 0.15) is 0 Å². The molecule has 4 heteroatoms. The molecule has 0 fully saturated rings. The minimum Gasteiger partial charge on any atom is -0.309 e. The Hall–Kier alpha value is -6.57. The number of hydrogen-bond donors (Lipinski definition) is 0. The van der Waals surface area contributed by atoms with Crippen LogP contribution in [0.1, 0.15) is 5.56 Å². The van der Waals surface area contributed by atoms with E-state index in [0.29, 0.717) is 5.56 Å². The first-order valence-corrected chi connectivity index (χ1v) is 15.9. The maximum absolute atomic E-state index is 9.82. The van der Waals surface area contributed by atoms with Crippen LogP contribution in [0.3, 0.4) is 0 Å². The third-order valence-electron chi connectivity index (χ3n) is 9.63. The molecule has 7 aromatic carbocycles. The second-order valence-electron chi connectivity index (χ2n) is 12.1. The van der Waals surface area contributed by atoms with Crippen molar-refractivity contribution < 1.29 is 0 Å². The van der Waals surface area contributed by atoms with E-state index < -0.39 is 0 Å². The van der Waals surface area contributed by atoms with Gasteiger partial charge in [0, 0.05) is 43.7 Å². The topological polar surface area (TPSA) is 38.6 Å². The summed E-state index contributed by atoms with van der Waals surface area (Å²) in [4.78, 5) is 0. The number of fused-ring (bicyclic) bond motifs is 10. The number of para-hydroxylation sites is 5. The van der Waals surface area contributed by atoms with Crippen LogP contribution in [0.5, 0.6) is 0 Å². The van der Waals surface area contributed by atoms with Crippen LogP contribution in [0.25, 0.3) is 82.5 Å². The van der Waals surface area contributed by atoms with Gasteiger partial charge < -0.3 is 13.7 Å². The van der Waals surface area contributed by atoms with Crippen LogP contribution in [0.2, 0.25) is 0 Å². The van der Waals surface area contributed by atoms with Gasteiger partial charge in [0.2, 0.25) is 0 Å². The molecule has 0 aliphatic rings. The smallest absolute Gasteiger partial charge is 0.0991 e. The molecule has 4 nitrogen and oxygen atoms in total.